The first kappa shape index (κ1) is 31.8. The average molecular weight is 585 g/mol. The summed E-state index contributed by atoms with van der Waals surface area (Å²) in [7, 11) is 0. The zero-order valence-corrected chi connectivity index (χ0v) is 25.8. The second-order valence-electron chi connectivity index (χ2n) is 10.9. The summed E-state index contributed by atoms with van der Waals surface area (Å²) in [4.78, 5) is 30.6. The van der Waals surface area contributed by atoms with E-state index in [0.29, 0.717) is 37.6 Å². The topological polar surface area (TPSA) is 79.3 Å². The van der Waals surface area contributed by atoms with E-state index in [9.17, 15) is 14.7 Å². The Kier molecular flexibility index (Phi) is 11.4. The van der Waals surface area contributed by atoms with E-state index < -0.39 is 17.7 Å². The van der Waals surface area contributed by atoms with Gasteiger partial charge in [0, 0.05) is 18.7 Å². The van der Waals surface area contributed by atoms with Crippen molar-refractivity contribution in [1.82, 2.24) is 9.80 Å². The molecular formula is C36H44N2O5. The molecule has 0 radical (unpaired) electrons. The molecule has 7 nitrogen and oxygen atoms in total. The van der Waals surface area contributed by atoms with Crippen molar-refractivity contribution < 1.29 is 24.2 Å². The van der Waals surface area contributed by atoms with E-state index in [2.05, 4.69) is 31.7 Å². The minimum absolute atomic E-state index is 0.0922. The summed E-state index contributed by atoms with van der Waals surface area (Å²) >= 11 is 0. The van der Waals surface area contributed by atoms with Gasteiger partial charge in [-0.25, -0.2) is 0 Å². The van der Waals surface area contributed by atoms with E-state index >= 15 is 0 Å². The fourth-order valence-electron chi connectivity index (χ4n) is 5.37. The molecule has 3 aromatic rings. The van der Waals surface area contributed by atoms with Gasteiger partial charge in [0.05, 0.1) is 18.2 Å². The summed E-state index contributed by atoms with van der Waals surface area (Å²) in [6.07, 6.45) is 3.22. The highest BCUT2D eigenvalue weighted by Crippen LogP contribution is 2.40. The van der Waals surface area contributed by atoms with Crippen LogP contribution >= 0.6 is 0 Å². The van der Waals surface area contributed by atoms with Crippen molar-refractivity contribution in [2.75, 3.05) is 32.8 Å². The lowest BCUT2D eigenvalue weighted by Crippen LogP contribution is -2.38. The Morgan fingerprint density at radius 3 is 2.21 bits per heavy atom. The zero-order valence-electron chi connectivity index (χ0n) is 25.8. The van der Waals surface area contributed by atoms with Crippen LogP contribution in [0, 0.1) is 6.92 Å². The Morgan fingerprint density at radius 2 is 1.56 bits per heavy atom. The van der Waals surface area contributed by atoms with Gasteiger partial charge in [-0.15, -0.1) is 0 Å². The third-order valence-electron chi connectivity index (χ3n) is 7.92. The first-order valence-corrected chi connectivity index (χ1v) is 15.4. The van der Waals surface area contributed by atoms with Crippen LogP contribution in [0.2, 0.25) is 0 Å². The van der Waals surface area contributed by atoms with Crippen molar-refractivity contribution in [3.63, 3.8) is 0 Å². The number of carbonyl (C=O) groups is 2. The number of Topliss-reactive ketones (excluding diaryl/α,β-unsaturated/α-hetero) is 1. The molecule has 0 bridgehead atoms. The second kappa shape index (κ2) is 15.4. The van der Waals surface area contributed by atoms with Gasteiger partial charge in [-0.2, -0.15) is 0 Å². The quantitative estimate of drug-likeness (QED) is 0.0906. The lowest BCUT2D eigenvalue weighted by Gasteiger charge is -2.28. The number of ether oxygens (including phenoxy) is 2. The van der Waals surface area contributed by atoms with Crippen molar-refractivity contribution in [1.29, 1.82) is 0 Å². The van der Waals surface area contributed by atoms with Crippen LogP contribution in [0.5, 0.6) is 11.5 Å². The standard InChI is InChI=1S/C36H44N2O5/c1-5-8-9-23-42-30-17-13-28(14-18-30)33-32(35(40)36(41)38(33)22-21-37(6-2)7-3)34(39)29-15-19-31(20-16-29)43-25-27-12-10-11-26(4)24-27/h10-20,24,33,39H,5-9,21-23,25H2,1-4H3/b34-32+. The molecule has 1 amide bonds. The van der Waals surface area contributed by atoms with Crippen molar-refractivity contribution in [3.8, 4) is 11.5 Å². The van der Waals surface area contributed by atoms with Gasteiger partial charge in [-0.05, 0) is 74.0 Å². The van der Waals surface area contributed by atoms with Crippen molar-refractivity contribution in [2.24, 2.45) is 0 Å². The van der Waals surface area contributed by atoms with Gasteiger partial charge in [-0.1, -0.05) is 75.6 Å². The van der Waals surface area contributed by atoms with Gasteiger partial charge >= 0.3 is 0 Å². The van der Waals surface area contributed by atoms with Crippen LogP contribution in [0.3, 0.4) is 0 Å². The maximum Gasteiger partial charge on any atom is 0.295 e. The lowest BCUT2D eigenvalue weighted by atomic mass is 9.95. The number of aliphatic hydroxyl groups excluding tert-OH is 1. The fourth-order valence-corrected chi connectivity index (χ4v) is 5.37. The molecule has 4 rings (SSSR count). The van der Waals surface area contributed by atoms with Crippen LogP contribution in [0.1, 0.15) is 68.3 Å². The van der Waals surface area contributed by atoms with Gasteiger partial charge in [0.1, 0.15) is 23.9 Å². The maximum absolute atomic E-state index is 13.4. The molecule has 1 aliphatic rings. The smallest absolute Gasteiger partial charge is 0.295 e. The van der Waals surface area contributed by atoms with E-state index in [1.807, 2.05) is 49.4 Å². The van der Waals surface area contributed by atoms with Crippen LogP contribution < -0.4 is 9.47 Å². The predicted octanol–water partition coefficient (Wildman–Crippen LogP) is 6.91. The summed E-state index contributed by atoms with van der Waals surface area (Å²) in [6.45, 7) is 12.1. The molecule has 7 heteroatoms. The van der Waals surface area contributed by atoms with Gasteiger partial charge < -0.3 is 24.4 Å². The summed E-state index contributed by atoms with van der Waals surface area (Å²) in [6, 6.07) is 21.9. The number of nitrogens with zero attached hydrogens (tertiary/aromatic N) is 2. The molecule has 1 aliphatic heterocycles. The van der Waals surface area contributed by atoms with Gasteiger partial charge in [0.15, 0.2) is 0 Å². The van der Waals surface area contributed by atoms with E-state index in [1.165, 1.54) is 5.56 Å². The minimum Gasteiger partial charge on any atom is -0.507 e. The summed E-state index contributed by atoms with van der Waals surface area (Å²) < 4.78 is 11.8. The Bertz CT molecular complexity index is 1390. The van der Waals surface area contributed by atoms with E-state index in [-0.39, 0.29) is 11.3 Å². The molecule has 1 atom stereocenters. The third-order valence-corrected chi connectivity index (χ3v) is 7.92. The monoisotopic (exact) mass is 584 g/mol. The number of ketones is 1. The average Bonchev–Trinajstić information content (AvgIpc) is 3.28. The molecule has 0 saturated carbocycles. The largest absolute Gasteiger partial charge is 0.507 e. The summed E-state index contributed by atoms with van der Waals surface area (Å²) in [5, 5.41) is 11.5. The minimum atomic E-state index is -0.707. The van der Waals surface area contributed by atoms with Crippen LogP contribution in [0.4, 0.5) is 0 Å². The molecular weight excluding hydrogens is 540 g/mol. The van der Waals surface area contributed by atoms with Crippen molar-refractivity contribution >= 4 is 17.4 Å². The number of benzene rings is 3. The summed E-state index contributed by atoms with van der Waals surface area (Å²) in [5.41, 5.74) is 3.52. The third kappa shape index (κ3) is 8.05. The maximum atomic E-state index is 13.4. The number of amides is 1. The van der Waals surface area contributed by atoms with E-state index in [0.717, 1.165) is 49.2 Å². The van der Waals surface area contributed by atoms with E-state index in [4.69, 9.17) is 9.47 Å². The number of rotatable bonds is 15. The van der Waals surface area contributed by atoms with Crippen molar-refractivity contribution in [2.45, 2.75) is 59.6 Å². The molecule has 0 aliphatic carbocycles. The van der Waals surface area contributed by atoms with Gasteiger partial charge in [0.25, 0.3) is 11.7 Å². The molecule has 0 spiro atoms. The Balaban J connectivity index is 1.61. The highest BCUT2D eigenvalue weighted by Gasteiger charge is 2.46. The molecule has 43 heavy (non-hydrogen) atoms. The predicted molar refractivity (Wildman–Crippen MR) is 170 cm³/mol. The molecule has 1 unspecified atom stereocenters. The first-order chi connectivity index (χ1) is 20.9. The zero-order chi connectivity index (χ0) is 30.8. The van der Waals surface area contributed by atoms with E-state index in [1.54, 1.807) is 29.2 Å². The lowest BCUT2D eigenvalue weighted by molar-refractivity contribution is -0.140. The molecule has 1 fully saturated rings. The Labute approximate surface area is 255 Å². The first-order valence-electron chi connectivity index (χ1n) is 15.4. The van der Waals surface area contributed by atoms with Crippen LogP contribution in [-0.4, -0.2) is 59.4 Å². The molecule has 1 saturated heterocycles. The highest BCUT2D eigenvalue weighted by molar-refractivity contribution is 6.46. The van der Waals surface area contributed by atoms with Crippen LogP contribution in [0.15, 0.2) is 78.4 Å². The Morgan fingerprint density at radius 1 is 0.884 bits per heavy atom. The van der Waals surface area contributed by atoms with Crippen LogP contribution in [-0.2, 0) is 16.2 Å². The number of unbranched alkanes of at least 4 members (excludes halogenated alkanes) is 2. The number of hydrogen-bond donors (Lipinski definition) is 1. The number of likely N-dealkylation sites (N-methyl/N-ethyl adjacent to an activating group) is 1. The number of aliphatic hydroxyl groups is 1. The molecule has 228 valence electrons. The number of aryl methyl sites for hydroxylation is 1. The molecule has 1 heterocycles. The highest BCUT2D eigenvalue weighted by atomic mass is 16.5. The number of hydrogen-bond acceptors (Lipinski definition) is 6. The molecule has 3 aromatic carbocycles. The number of likely N-dealkylation sites (tertiary alicyclic amines) is 1. The Hall–Kier alpha value is -4.10. The SMILES string of the molecule is CCCCCOc1ccc(C2/C(=C(\O)c3ccc(OCc4cccc(C)c4)cc3)C(=O)C(=O)N2CCN(CC)CC)cc1. The normalized spacial score (nSPS) is 16.2. The fraction of sp³-hybridized carbons (Fsp3) is 0.389. The molecule has 0 aromatic heterocycles. The second-order valence-corrected chi connectivity index (χ2v) is 10.9. The van der Waals surface area contributed by atoms with Gasteiger partial charge in [-0.3, -0.25) is 9.59 Å². The summed E-state index contributed by atoms with van der Waals surface area (Å²) in [5.74, 6) is -0.0951. The van der Waals surface area contributed by atoms with Crippen molar-refractivity contribution in [3.05, 3.63) is 101 Å². The van der Waals surface area contributed by atoms with Crippen LogP contribution in [0.25, 0.3) is 5.76 Å². The number of carbonyl (C=O) groups excluding carboxylic acids is 2. The molecule has 1 N–H and O–H groups in total. The van der Waals surface area contributed by atoms with Gasteiger partial charge in [0.2, 0.25) is 0 Å².